The predicted octanol–water partition coefficient (Wildman–Crippen LogP) is 2.09. The van der Waals surface area contributed by atoms with E-state index in [0.717, 1.165) is 11.1 Å². The van der Waals surface area contributed by atoms with Gasteiger partial charge in [0.05, 0.1) is 0 Å². The van der Waals surface area contributed by atoms with Crippen LogP contribution in [0.2, 0.25) is 5.02 Å². The van der Waals surface area contributed by atoms with Gasteiger partial charge in [0.25, 0.3) is 0 Å². The molecule has 0 aromatic heterocycles. The third-order valence-electron chi connectivity index (χ3n) is 4.85. The lowest BCUT2D eigenvalue weighted by Gasteiger charge is -2.40. The molecule has 29 heavy (non-hydrogen) atoms. The zero-order chi connectivity index (χ0) is 21.0. The number of aliphatic hydroxyl groups is 3. The van der Waals surface area contributed by atoms with E-state index in [1.54, 1.807) is 12.1 Å². The van der Waals surface area contributed by atoms with Crippen LogP contribution in [0.25, 0.3) is 0 Å². The summed E-state index contributed by atoms with van der Waals surface area (Å²) in [7, 11) is 1.36. The molecule has 1 aliphatic rings. The summed E-state index contributed by atoms with van der Waals surface area (Å²) in [6, 6.07) is 12.7. The lowest BCUT2D eigenvalue weighted by atomic mass is 9.92. The molecule has 1 aliphatic heterocycles. The van der Waals surface area contributed by atoms with Crippen molar-refractivity contribution in [1.82, 2.24) is 0 Å². The number of hydrogen-bond donors (Lipinski definition) is 4. The van der Waals surface area contributed by atoms with Gasteiger partial charge in [-0.25, -0.2) is 0 Å². The summed E-state index contributed by atoms with van der Waals surface area (Å²) in [5.41, 5.74) is 2.44. The molecule has 0 aliphatic carbocycles. The normalized spacial score (nSPS) is 26.9. The van der Waals surface area contributed by atoms with Gasteiger partial charge in [0.2, 0.25) is 0 Å². The number of benzene rings is 2. The SMILES string of the molecule is CO[C@H]1O[C@@H](c2ccc(Cl)c(Cc3ccc(OCC=N)cc3)c2)[C@H](O)[C@@H](O)[C@@H]1O. The van der Waals surface area contributed by atoms with Gasteiger partial charge in [-0.1, -0.05) is 35.9 Å². The minimum atomic E-state index is -1.40. The third-order valence-corrected chi connectivity index (χ3v) is 5.22. The first-order chi connectivity index (χ1) is 13.9. The fraction of sp³-hybridized carbons (Fsp3) is 0.381. The van der Waals surface area contributed by atoms with Gasteiger partial charge in [-0.05, 0) is 41.3 Å². The summed E-state index contributed by atoms with van der Waals surface area (Å²) in [5, 5.41) is 38.0. The van der Waals surface area contributed by atoms with Gasteiger partial charge in [0, 0.05) is 18.3 Å². The summed E-state index contributed by atoms with van der Waals surface area (Å²) < 4.78 is 16.1. The summed E-state index contributed by atoms with van der Waals surface area (Å²) >= 11 is 6.36. The van der Waals surface area contributed by atoms with Crippen molar-refractivity contribution in [2.75, 3.05) is 13.7 Å². The van der Waals surface area contributed by atoms with Crippen molar-refractivity contribution in [3.8, 4) is 5.75 Å². The Morgan fingerprint density at radius 1 is 1.07 bits per heavy atom. The van der Waals surface area contributed by atoms with Gasteiger partial charge in [-0.3, -0.25) is 0 Å². The van der Waals surface area contributed by atoms with Crippen molar-refractivity contribution in [2.45, 2.75) is 37.1 Å². The Hall–Kier alpha value is -2.00. The van der Waals surface area contributed by atoms with E-state index in [9.17, 15) is 15.3 Å². The second kappa shape index (κ2) is 9.67. The minimum absolute atomic E-state index is 0.222. The first-order valence-electron chi connectivity index (χ1n) is 9.16. The number of halogens is 1. The van der Waals surface area contributed by atoms with Crippen molar-refractivity contribution >= 4 is 17.8 Å². The molecule has 4 N–H and O–H groups in total. The van der Waals surface area contributed by atoms with Crippen LogP contribution in [-0.4, -0.2) is 59.9 Å². The van der Waals surface area contributed by atoms with Crippen molar-refractivity contribution in [1.29, 1.82) is 5.41 Å². The Labute approximate surface area is 173 Å². The number of nitrogens with one attached hydrogen (secondary N) is 1. The van der Waals surface area contributed by atoms with Gasteiger partial charge in [0.15, 0.2) is 6.29 Å². The average molecular weight is 422 g/mol. The molecule has 1 fully saturated rings. The largest absolute Gasteiger partial charge is 0.488 e. The van der Waals surface area contributed by atoms with Gasteiger partial charge >= 0.3 is 0 Å². The molecule has 2 aromatic carbocycles. The molecule has 8 heteroatoms. The van der Waals surface area contributed by atoms with Gasteiger partial charge in [0.1, 0.15) is 36.8 Å². The number of aliphatic hydroxyl groups excluding tert-OH is 3. The molecule has 0 bridgehead atoms. The van der Waals surface area contributed by atoms with Gasteiger partial charge < -0.3 is 34.9 Å². The Kier molecular flexibility index (Phi) is 7.23. The third kappa shape index (κ3) is 4.95. The molecule has 2 aromatic rings. The molecule has 0 saturated carbocycles. The Morgan fingerprint density at radius 2 is 1.79 bits per heavy atom. The maximum absolute atomic E-state index is 10.4. The number of ether oxygens (including phenoxy) is 3. The molecular formula is C21H24ClNO6. The van der Waals surface area contributed by atoms with Crippen LogP contribution < -0.4 is 4.74 Å². The fourth-order valence-electron chi connectivity index (χ4n) is 3.29. The first-order valence-corrected chi connectivity index (χ1v) is 9.54. The van der Waals surface area contributed by atoms with Crippen molar-refractivity contribution < 1.29 is 29.5 Å². The van der Waals surface area contributed by atoms with Crippen LogP contribution in [0.5, 0.6) is 5.75 Å². The molecule has 1 heterocycles. The van der Waals surface area contributed by atoms with Crippen LogP contribution >= 0.6 is 11.6 Å². The van der Waals surface area contributed by atoms with E-state index < -0.39 is 30.7 Å². The lowest BCUT2D eigenvalue weighted by Crippen LogP contribution is -2.54. The second-order valence-electron chi connectivity index (χ2n) is 6.82. The highest BCUT2D eigenvalue weighted by molar-refractivity contribution is 6.31. The van der Waals surface area contributed by atoms with E-state index in [-0.39, 0.29) is 6.61 Å². The van der Waals surface area contributed by atoms with Crippen LogP contribution in [0.4, 0.5) is 0 Å². The van der Waals surface area contributed by atoms with Gasteiger partial charge in [-0.2, -0.15) is 0 Å². The zero-order valence-electron chi connectivity index (χ0n) is 15.9. The summed E-state index contributed by atoms with van der Waals surface area (Å²) in [6.45, 7) is 0.222. The van der Waals surface area contributed by atoms with E-state index in [0.29, 0.717) is 22.8 Å². The Morgan fingerprint density at radius 3 is 2.45 bits per heavy atom. The molecule has 0 radical (unpaired) electrons. The highest BCUT2D eigenvalue weighted by Crippen LogP contribution is 2.34. The summed E-state index contributed by atoms with van der Waals surface area (Å²) in [5.74, 6) is 0.675. The van der Waals surface area contributed by atoms with Crippen molar-refractivity contribution in [2.24, 2.45) is 0 Å². The number of methoxy groups -OCH3 is 1. The highest BCUT2D eigenvalue weighted by atomic mass is 35.5. The molecule has 5 atom stereocenters. The van der Waals surface area contributed by atoms with E-state index in [2.05, 4.69) is 0 Å². The molecule has 0 spiro atoms. The molecular weight excluding hydrogens is 398 g/mol. The number of hydrogen-bond acceptors (Lipinski definition) is 7. The molecule has 0 amide bonds. The van der Waals surface area contributed by atoms with Crippen molar-refractivity contribution in [3.63, 3.8) is 0 Å². The number of rotatable bonds is 7. The van der Waals surface area contributed by atoms with E-state index >= 15 is 0 Å². The van der Waals surface area contributed by atoms with Crippen LogP contribution in [0, 0.1) is 5.41 Å². The van der Waals surface area contributed by atoms with Crippen LogP contribution in [0.1, 0.15) is 22.8 Å². The summed E-state index contributed by atoms with van der Waals surface area (Å²) in [6.07, 6.45) is -4.24. The maximum Gasteiger partial charge on any atom is 0.186 e. The van der Waals surface area contributed by atoms with Crippen molar-refractivity contribution in [3.05, 3.63) is 64.2 Å². The predicted molar refractivity (Wildman–Crippen MR) is 108 cm³/mol. The molecule has 1 saturated heterocycles. The van der Waals surface area contributed by atoms with E-state index in [1.165, 1.54) is 13.3 Å². The molecule has 0 unspecified atom stereocenters. The zero-order valence-corrected chi connectivity index (χ0v) is 16.6. The van der Waals surface area contributed by atoms with Crippen LogP contribution in [0.15, 0.2) is 42.5 Å². The minimum Gasteiger partial charge on any atom is -0.488 e. The Bertz CT molecular complexity index is 828. The first kappa shape index (κ1) is 21.7. The molecule has 156 valence electrons. The van der Waals surface area contributed by atoms with Crippen LogP contribution in [0.3, 0.4) is 0 Å². The fourth-order valence-corrected chi connectivity index (χ4v) is 3.47. The van der Waals surface area contributed by atoms with E-state index in [1.807, 2.05) is 30.3 Å². The lowest BCUT2D eigenvalue weighted by molar-refractivity contribution is -0.292. The molecule has 3 rings (SSSR count). The average Bonchev–Trinajstić information content (AvgIpc) is 2.73. The quantitative estimate of drug-likeness (QED) is 0.509. The van der Waals surface area contributed by atoms with E-state index in [4.69, 9.17) is 31.2 Å². The maximum atomic E-state index is 10.4. The topological polar surface area (TPSA) is 112 Å². The highest BCUT2D eigenvalue weighted by Gasteiger charge is 2.44. The van der Waals surface area contributed by atoms with Crippen LogP contribution in [-0.2, 0) is 15.9 Å². The Balaban J connectivity index is 1.80. The smallest absolute Gasteiger partial charge is 0.186 e. The second-order valence-corrected chi connectivity index (χ2v) is 7.23. The van der Waals surface area contributed by atoms with Gasteiger partial charge in [-0.15, -0.1) is 0 Å². The standard InChI is InChI=1S/C21H24ClNO6/c1-27-21-19(26)17(24)18(25)20(29-21)13-4-7-16(22)14(11-13)10-12-2-5-15(6-3-12)28-9-8-23/h2-8,11,17-21,23-26H,9-10H2,1H3/t17-,18-,19+,20+,21+/m1/s1. The molecule has 7 nitrogen and oxygen atoms in total. The monoisotopic (exact) mass is 421 g/mol. The summed E-state index contributed by atoms with van der Waals surface area (Å²) in [4.78, 5) is 0.